The van der Waals surface area contributed by atoms with Gasteiger partial charge in [0.2, 0.25) is 0 Å². The van der Waals surface area contributed by atoms with E-state index in [4.69, 9.17) is 0 Å². The van der Waals surface area contributed by atoms with Crippen LogP contribution >= 0.6 is 11.3 Å². The van der Waals surface area contributed by atoms with Gasteiger partial charge in [-0.15, -0.1) is 11.3 Å². The first-order chi connectivity index (χ1) is 7.24. The third-order valence-corrected chi connectivity index (χ3v) is 3.07. The first-order valence-corrected chi connectivity index (χ1v) is 5.77. The zero-order chi connectivity index (χ0) is 10.7. The van der Waals surface area contributed by atoms with Gasteiger partial charge >= 0.3 is 6.03 Å². The van der Waals surface area contributed by atoms with E-state index in [1.807, 2.05) is 5.38 Å². The monoisotopic (exact) mass is 226 g/mol. The van der Waals surface area contributed by atoms with Crippen LogP contribution in [0.25, 0.3) is 0 Å². The number of urea groups is 1. The Morgan fingerprint density at radius 1 is 1.73 bits per heavy atom. The molecule has 0 radical (unpaired) electrons. The summed E-state index contributed by atoms with van der Waals surface area (Å²) in [5, 5.41) is 8.10. The van der Waals surface area contributed by atoms with E-state index in [1.54, 1.807) is 6.20 Å². The Hall–Kier alpha value is -1.14. The molecule has 1 fully saturated rings. The van der Waals surface area contributed by atoms with Crippen molar-refractivity contribution in [3.63, 3.8) is 0 Å². The molecular weight excluding hydrogens is 212 g/mol. The maximum Gasteiger partial charge on any atom is 0.321 e. The van der Waals surface area contributed by atoms with E-state index in [0.29, 0.717) is 5.13 Å². The minimum Gasteiger partial charge on any atom is -0.334 e. The van der Waals surface area contributed by atoms with Gasteiger partial charge in [-0.2, -0.15) is 0 Å². The van der Waals surface area contributed by atoms with E-state index >= 15 is 0 Å². The third kappa shape index (κ3) is 2.90. The summed E-state index contributed by atoms with van der Waals surface area (Å²) in [4.78, 5) is 17.7. The van der Waals surface area contributed by atoms with Crippen LogP contribution in [0, 0.1) is 0 Å². The second kappa shape index (κ2) is 4.59. The average Bonchev–Trinajstić information content (AvgIpc) is 2.77. The van der Waals surface area contributed by atoms with Crippen molar-refractivity contribution in [2.75, 3.05) is 25.5 Å². The molecule has 0 unspecified atom stereocenters. The number of aromatic nitrogens is 1. The number of hydrogen-bond acceptors (Lipinski definition) is 4. The van der Waals surface area contributed by atoms with E-state index in [1.165, 1.54) is 11.3 Å². The van der Waals surface area contributed by atoms with Crippen LogP contribution < -0.4 is 10.6 Å². The maximum absolute atomic E-state index is 11.5. The molecule has 0 spiro atoms. The Balaban J connectivity index is 1.78. The van der Waals surface area contributed by atoms with Gasteiger partial charge in [-0.1, -0.05) is 0 Å². The molecule has 6 heteroatoms. The molecule has 1 aromatic heterocycles. The quantitative estimate of drug-likeness (QED) is 0.790. The maximum atomic E-state index is 11.5. The number of anilines is 1. The summed E-state index contributed by atoms with van der Waals surface area (Å²) in [6.07, 6.45) is 2.69. The molecule has 2 rings (SSSR count). The predicted octanol–water partition coefficient (Wildman–Crippen LogP) is 0.969. The topological polar surface area (TPSA) is 57.3 Å². The average molecular weight is 226 g/mol. The number of nitrogens with one attached hydrogen (secondary N) is 2. The molecule has 15 heavy (non-hydrogen) atoms. The molecular formula is C9H14N4OS. The Labute approximate surface area is 92.5 Å². The van der Waals surface area contributed by atoms with Crippen molar-refractivity contribution < 1.29 is 4.79 Å². The Morgan fingerprint density at radius 2 is 2.60 bits per heavy atom. The highest BCUT2D eigenvalue weighted by atomic mass is 32.1. The van der Waals surface area contributed by atoms with E-state index in [9.17, 15) is 4.79 Å². The zero-order valence-electron chi connectivity index (χ0n) is 8.56. The van der Waals surface area contributed by atoms with Crippen molar-refractivity contribution in [3.05, 3.63) is 11.6 Å². The number of carbonyl (C=O) groups excluding carboxylic acids is 1. The second-order valence-corrected chi connectivity index (χ2v) is 4.58. The Bertz CT molecular complexity index is 327. The van der Waals surface area contributed by atoms with Crippen LogP contribution in [0.2, 0.25) is 0 Å². The SMILES string of the molecule is CN1CC[C@@H](NC(=O)Nc2nccs2)C1. The number of likely N-dealkylation sites (N-methyl/N-ethyl adjacent to an activating group) is 1. The van der Waals surface area contributed by atoms with Crippen LogP contribution in [0.15, 0.2) is 11.6 Å². The first kappa shape index (κ1) is 10.4. The highest BCUT2D eigenvalue weighted by Gasteiger charge is 2.20. The molecule has 1 aromatic rings. The number of nitrogens with zero attached hydrogens (tertiary/aromatic N) is 2. The molecule has 1 aliphatic heterocycles. The summed E-state index contributed by atoms with van der Waals surface area (Å²) in [6.45, 7) is 1.97. The lowest BCUT2D eigenvalue weighted by molar-refractivity contribution is 0.248. The number of hydrogen-bond donors (Lipinski definition) is 2. The predicted molar refractivity (Wildman–Crippen MR) is 60.2 cm³/mol. The number of rotatable bonds is 2. The smallest absolute Gasteiger partial charge is 0.321 e. The standard InChI is InChI=1S/C9H14N4OS/c1-13-4-2-7(6-13)11-8(14)12-9-10-3-5-15-9/h3,5,7H,2,4,6H2,1H3,(H2,10,11,12,14)/t7-/m1/s1. The van der Waals surface area contributed by atoms with E-state index < -0.39 is 0 Å². The van der Waals surface area contributed by atoms with E-state index in [2.05, 4.69) is 27.6 Å². The fourth-order valence-corrected chi connectivity index (χ4v) is 2.18. The summed E-state index contributed by atoms with van der Waals surface area (Å²) in [5.74, 6) is 0. The lowest BCUT2D eigenvalue weighted by Gasteiger charge is -2.12. The van der Waals surface area contributed by atoms with Gasteiger partial charge in [0.1, 0.15) is 0 Å². The highest BCUT2D eigenvalue weighted by molar-refractivity contribution is 7.13. The number of amides is 2. The molecule has 0 saturated carbocycles. The van der Waals surface area contributed by atoms with Crippen molar-refractivity contribution in [3.8, 4) is 0 Å². The lowest BCUT2D eigenvalue weighted by Crippen LogP contribution is -2.39. The molecule has 2 heterocycles. The fraction of sp³-hybridized carbons (Fsp3) is 0.556. The van der Waals surface area contributed by atoms with Crippen molar-refractivity contribution in [2.45, 2.75) is 12.5 Å². The Morgan fingerprint density at radius 3 is 3.20 bits per heavy atom. The largest absolute Gasteiger partial charge is 0.334 e. The number of thiazole rings is 1. The molecule has 0 bridgehead atoms. The highest BCUT2D eigenvalue weighted by Crippen LogP contribution is 2.10. The van der Waals surface area contributed by atoms with Crippen LogP contribution in [-0.2, 0) is 0 Å². The van der Waals surface area contributed by atoms with Crippen molar-refractivity contribution >= 4 is 22.5 Å². The summed E-state index contributed by atoms with van der Waals surface area (Å²) >= 11 is 1.42. The van der Waals surface area contributed by atoms with Gasteiger partial charge in [0, 0.05) is 24.2 Å². The van der Waals surface area contributed by atoms with Crippen LogP contribution in [-0.4, -0.2) is 42.1 Å². The van der Waals surface area contributed by atoms with E-state index in [0.717, 1.165) is 19.5 Å². The molecule has 0 aliphatic carbocycles. The van der Waals surface area contributed by atoms with Crippen molar-refractivity contribution in [2.24, 2.45) is 0 Å². The normalized spacial score (nSPS) is 21.5. The molecule has 2 amide bonds. The molecule has 1 saturated heterocycles. The zero-order valence-corrected chi connectivity index (χ0v) is 9.38. The molecule has 82 valence electrons. The van der Waals surface area contributed by atoms with Gasteiger partial charge in [-0.05, 0) is 20.0 Å². The van der Waals surface area contributed by atoms with Crippen molar-refractivity contribution in [1.29, 1.82) is 0 Å². The van der Waals surface area contributed by atoms with Crippen LogP contribution in [0.5, 0.6) is 0 Å². The van der Waals surface area contributed by atoms with Gasteiger partial charge in [0.15, 0.2) is 5.13 Å². The molecule has 1 aliphatic rings. The van der Waals surface area contributed by atoms with Crippen molar-refractivity contribution in [1.82, 2.24) is 15.2 Å². The molecule has 0 aromatic carbocycles. The van der Waals surface area contributed by atoms with Gasteiger partial charge in [0.05, 0.1) is 0 Å². The third-order valence-electron chi connectivity index (χ3n) is 2.38. The summed E-state index contributed by atoms with van der Waals surface area (Å²) in [6, 6.07) is 0.0974. The van der Waals surface area contributed by atoms with Crippen LogP contribution in [0.1, 0.15) is 6.42 Å². The van der Waals surface area contributed by atoms with Gasteiger partial charge < -0.3 is 10.2 Å². The van der Waals surface area contributed by atoms with Crippen LogP contribution in [0.3, 0.4) is 0 Å². The minimum atomic E-state index is -0.162. The summed E-state index contributed by atoms with van der Waals surface area (Å²) < 4.78 is 0. The number of carbonyl (C=O) groups is 1. The summed E-state index contributed by atoms with van der Waals surface area (Å²) in [7, 11) is 2.06. The molecule has 1 atom stereocenters. The lowest BCUT2D eigenvalue weighted by atomic mass is 10.3. The van der Waals surface area contributed by atoms with E-state index in [-0.39, 0.29) is 12.1 Å². The fourth-order valence-electron chi connectivity index (χ4n) is 1.66. The molecule has 2 N–H and O–H groups in total. The molecule has 5 nitrogen and oxygen atoms in total. The van der Waals surface area contributed by atoms with Gasteiger partial charge in [-0.25, -0.2) is 9.78 Å². The first-order valence-electron chi connectivity index (χ1n) is 4.89. The van der Waals surface area contributed by atoms with Gasteiger partial charge in [-0.3, -0.25) is 5.32 Å². The second-order valence-electron chi connectivity index (χ2n) is 3.68. The number of likely N-dealkylation sites (tertiary alicyclic amines) is 1. The Kier molecular flexibility index (Phi) is 3.17. The minimum absolute atomic E-state index is 0.162. The van der Waals surface area contributed by atoms with Gasteiger partial charge in [0.25, 0.3) is 0 Å². The summed E-state index contributed by atoms with van der Waals surface area (Å²) in [5.41, 5.74) is 0. The van der Waals surface area contributed by atoms with Crippen LogP contribution in [0.4, 0.5) is 9.93 Å².